The van der Waals surface area contributed by atoms with Crippen molar-refractivity contribution in [3.05, 3.63) is 53.2 Å². The molecule has 2 aliphatic rings. The average molecular weight is 365 g/mol. The van der Waals surface area contributed by atoms with Crippen LogP contribution in [0, 0.1) is 0 Å². The number of benzene rings is 1. The predicted octanol–water partition coefficient (Wildman–Crippen LogP) is 1.04. The molecule has 4 N–H and O–H groups in total. The Morgan fingerprint density at radius 3 is 2.85 bits per heavy atom. The van der Waals surface area contributed by atoms with Crippen molar-refractivity contribution in [3.8, 4) is 0 Å². The molecule has 3 heterocycles. The third kappa shape index (κ3) is 3.33. The van der Waals surface area contributed by atoms with E-state index in [9.17, 15) is 14.4 Å². The number of nitrogens with zero attached hydrogens (tertiary/aromatic N) is 2. The largest absolute Gasteiger partial charge is 0.384 e. The second kappa shape index (κ2) is 6.71. The van der Waals surface area contributed by atoms with E-state index in [0.717, 1.165) is 16.8 Å². The highest BCUT2D eigenvalue weighted by molar-refractivity contribution is 6.05. The number of amides is 3. The lowest BCUT2D eigenvalue weighted by Crippen LogP contribution is -2.52. The fourth-order valence-corrected chi connectivity index (χ4v) is 3.50. The third-order valence-corrected chi connectivity index (χ3v) is 4.87. The number of anilines is 2. The number of rotatable bonds is 4. The van der Waals surface area contributed by atoms with E-state index < -0.39 is 11.9 Å². The van der Waals surface area contributed by atoms with E-state index in [0.29, 0.717) is 30.9 Å². The van der Waals surface area contributed by atoms with Crippen LogP contribution in [0.25, 0.3) is 0 Å². The maximum atomic E-state index is 12.7. The Morgan fingerprint density at radius 2 is 2.07 bits per heavy atom. The number of nitrogens with two attached hydrogens (primary N) is 1. The number of carbonyl (C=O) groups excluding carboxylic acids is 3. The summed E-state index contributed by atoms with van der Waals surface area (Å²) < 4.78 is 0. The van der Waals surface area contributed by atoms with Crippen LogP contribution in [0.1, 0.15) is 34.3 Å². The van der Waals surface area contributed by atoms with Crippen molar-refractivity contribution in [2.75, 3.05) is 11.1 Å². The Kier molecular flexibility index (Phi) is 4.23. The Bertz CT molecular complexity index is 943. The van der Waals surface area contributed by atoms with Gasteiger partial charge in [0.1, 0.15) is 11.9 Å². The summed E-state index contributed by atoms with van der Waals surface area (Å²) in [5, 5.41) is 5.58. The first kappa shape index (κ1) is 17.0. The Balaban J connectivity index is 1.47. The molecule has 1 atom stereocenters. The normalized spacial score (nSPS) is 19.0. The van der Waals surface area contributed by atoms with Gasteiger partial charge < -0.3 is 16.0 Å². The highest BCUT2D eigenvalue weighted by atomic mass is 16.2. The van der Waals surface area contributed by atoms with Gasteiger partial charge in [0.25, 0.3) is 5.91 Å². The van der Waals surface area contributed by atoms with E-state index in [1.165, 1.54) is 0 Å². The minimum absolute atomic E-state index is 0.166. The molecule has 2 aromatic rings. The van der Waals surface area contributed by atoms with Crippen molar-refractivity contribution in [1.29, 1.82) is 0 Å². The highest BCUT2D eigenvalue weighted by Gasteiger charge is 2.38. The van der Waals surface area contributed by atoms with Gasteiger partial charge in [0.2, 0.25) is 11.8 Å². The minimum Gasteiger partial charge on any atom is -0.384 e. The number of pyridine rings is 1. The number of nitrogen functional groups attached to an aromatic ring is 1. The van der Waals surface area contributed by atoms with E-state index in [2.05, 4.69) is 15.6 Å². The first-order valence-corrected chi connectivity index (χ1v) is 8.73. The molecule has 27 heavy (non-hydrogen) atoms. The number of nitrogens with one attached hydrogen (secondary N) is 2. The molecule has 1 saturated heterocycles. The van der Waals surface area contributed by atoms with E-state index in [4.69, 9.17) is 5.73 Å². The smallest absolute Gasteiger partial charge is 0.255 e. The number of hydrogen-bond donors (Lipinski definition) is 3. The average Bonchev–Trinajstić information content (AvgIpc) is 2.96. The molecule has 3 amide bonds. The van der Waals surface area contributed by atoms with E-state index in [1.807, 2.05) is 18.2 Å². The quantitative estimate of drug-likeness (QED) is 0.697. The molecule has 2 aliphatic heterocycles. The van der Waals surface area contributed by atoms with Crippen LogP contribution >= 0.6 is 0 Å². The second-order valence-corrected chi connectivity index (χ2v) is 6.71. The standard InChI is InChI=1S/C19H19N5O3/c20-16-8-13(5-6-21-16)22-9-11-1-2-14-12(7-11)10-24(19(14)27)15-3-4-17(25)23-18(15)26/h1-2,5-8,15H,3-4,9-10H2,(H3,20,21,22)(H,23,25,26). The molecule has 4 rings (SSSR count). The summed E-state index contributed by atoms with van der Waals surface area (Å²) in [4.78, 5) is 41.6. The van der Waals surface area contributed by atoms with E-state index >= 15 is 0 Å². The second-order valence-electron chi connectivity index (χ2n) is 6.71. The fourth-order valence-electron chi connectivity index (χ4n) is 3.50. The maximum absolute atomic E-state index is 12.7. The van der Waals surface area contributed by atoms with E-state index in [1.54, 1.807) is 23.2 Å². The van der Waals surface area contributed by atoms with Crippen LogP contribution in [0.3, 0.4) is 0 Å². The Labute approximate surface area is 155 Å². The van der Waals surface area contributed by atoms with Crippen LogP contribution < -0.4 is 16.4 Å². The summed E-state index contributed by atoms with van der Waals surface area (Å²) in [5.74, 6) is -0.407. The highest BCUT2D eigenvalue weighted by Crippen LogP contribution is 2.28. The van der Waals surface area contributed by atoms with Crippen LogP contribution in [-0.2, 0) is 22.7 Å². The molecule has 0 aliphatic carbocycles. The molecule has 8 nitrogen and oxygen atoms in total. The van der Waals surface area contributed by atoms with Crippen LogP contribution in [0.5, 0.6) is 0 Å². The van der Waals surface area contributed by atoms with Crippen LogP contribution in [0.4, 0.5) is 11.5 Å². The first-order chi connectivity index (χ1) is 13.0. The topological polar surface area (TPSA) is 117 Å². The molecular weight excluding hydrogens is 346 g/mol. The van der Waals surface area contributed by atoms with Gasteiger partial charge in [0.05, 0.1) is 0 Å². The molecule has 8 heteroatoms. The molecule has 1 aromatic heterocycles. The van der Waals surface area contributed by atoms with Crippen LogP contribution in [-0.4, -0.2) is 33.6 Å². The van der Waals surface area contributed by atoms with Gasteiger partial charge in [-0.05, 0) is 29.7 Å². The number of hydrogen-bond acceptors (Lipinski definition) is 6. The molecule has 0 radical (unpaired) electrons. The van der Waals surface area contributed by atoms with Gasteiger partial charge in [-0.2, -0.15) is 0 Å². The Hall–Kier alpha value is -3.42. The maximum Gasteiger partial charge on any atom is 0.255 e. The summed E-state index contributed by atoms with van der Waals surface area (Å²) >= 11 is 0. The van der Waals surface area contributed by atoms with Crippen molar-refractivity contribution in [3.63, 3.8) is 0 Å². The molecule has 1 aromatic carbocycles. The zero-order valence-electron chi connectivity index (χ0n) is 14.6. The molecule has 0 saturated carbocycles. The molecular formula is C19H19N5O3. The monoisotopic (exact) mass is 365 g/mol. The van der Waals surface area contributed by atoms with Gasteiger partial charge >= 0.3 is 0 Å². The van der Waals surface area contributed by atoms with E-state index in [-0.39, 0.29) is 18.2 Å². The lowest BCUT2D eigenvalue weighted by atomic mass is 10.0. The zero-order chi connectivity index (χ0) is 19.0. The van der Waals surface area contributed by atoms with Gasteiger partial charge in [-0.25, -0.2) is 4.98 Å². The van der Waals surface area contributed by atoms with Gasteiger partial charge in [0.15, 0.2) is 0 Å². The first-order valence-electron chi connectivity index (χ1n) is 8.73. The van der Waals surface area contributed by atoms with Crippen molar-refractivity contribution in [2.24, 2.45) is 0 Å². The number of imide groups is 1. The third-order valence-electron chi connectivity index (χ3n) is 4.87. The van der Waals surface area contributed by atoms with Crippen LogP contribution in [0.2, 0.25) is 0 Å². The molecule has 1 unspecified atom stereocenters. The Morgan fingerprint density at radius 1 is 1.22 bits per heavy atom. The lowest BCUT2D eigenvalue weighted by molar-refractivity contribution is -0.136. The minimum atomic E-state index is -0.594. The summed E-state index contributed by atoms with van der Waals surface area (Å²) in [7, 11) is 0. The summed E-state index contributed by atoms with van der Waals surface area (Å²) in [5.41, 5.74) is 9.05. The van der Waals surface area contributed by atoms with Crippen LogP contribution in [0.15, 0.2) is 36.5 Å². The van der Waals surface area contributed by atoms with Gasteiger partial charge in [-0.3, -0.25) is 19.7 Å². The number of carbonyl (C=O) groups is 3. The van der Waals surface area contributed by atoms with Gasteiger partial charge in [0, 0.05) is 43.0 Å². The molecule has 0 spiro atoms. The number of aromatic nitrogens is 1. The SMILES string of the molecule is Nc1cc(NCc2ccc3c(c2)CN(C2CCC(=O)NC2=O)C3=O)ccn1. The molecule has 0 bridgehead atoms. The van der Waals surface area contributed by atoms with Gasteiger partial charge in [-0.15, -0.1) is 0 Å². The summed E-state index contributed by atoms with van der Waals surface area (Å²) in [6.45, 7) is 0.944. The van der Waals surface area contributed by atoms with Crippen molar-refractivity contribution in [2.45, 2.75) is 32.0 Å². The van der Waals surface area contributed by atoms with Crippen molar-refractivity contribution < 1.29 is 14.4 Å². The number of fused-ring (bicyclic) bond motifs is 1. The lowest BCUT2D eigenvalue weighted by Gasteiger charge is -2.29. The summed E-state index contributed by atoms with van der Waals surface area (Å²) in [6, 6.07) is 8.64. The van der Waals surface area contributed by atoms with Gasteiger partial charge in [-0.1, -0.05) is 12.1 Å². The van der Waals surface area contributed by atoms with Crippen molar-refractivity contribution >= 4 is 29.2 Å². The molecule has 138 valence electrons. The predicted molar refractivity (Wildman–Crippen MR) is 98.5 cm³/mol. The molecule has 1 fully saturated rings. The summed E-state index contributed by atoms with van der Waals surface area (Å²) in [6.07, 6.45) is 2.25. The van der Waals surface area contributed by atoms with Crippen molar-refractivity contribution in [1.82, 2.24) is 15.2 Å². The zero-order valence-corrected chi connectivity index (χ0v) is 14.6. The fraction of sp³-hybridized carbons (Fsp3) is 0.263. The number of piperidine rings is 1.